The highest BCUT2D eigenvalue weighted by atomic mass is 19.4. The number of carbonyl (C=O) groups excluding carboxylic acids is 2. The highest BCUT2D eigenvalue weighted by Crippen LogP contribution is 2.18. The fourth-order valence-electron chi connectivity index (χ4n) is 2.07. The molecule has 0 unspecified atom stereocenters. The number of nitrogens with one attached hydrogen (secondary N) is 1. The van der Waals surface area contributed by atoms with E-state index in [1.807, 2.05) is 6.07 Å². The highest BCUT2D eigenvalue weighted by Gasteiger charge is 2.42. The SMILES string of the molecule is O=C(OCc1ccccc1)N1CCN(C(=O)C(F)(F)F)CCN1. The Kier molecular flexibility index (Phi) is 5.43. The number of rotatable bonds is 2. The molecule has 1 aromatic carbocycles. The van der Waals surface area contributed by atoms with E-state index in [9.17, 15) is 22.8 Å². The summed E-state index contributed by atoms with van der Waals surface area (Å²) in [5.74, 6) is -1.90. The lowest BCUT2D eigenvalue weighted by molar-refractivity contribution is -0.185. The zero-order chi connectivity index (χ0) is 16.9. The maximum Gasteiger partial charge on any atom is 0.471 e. The Morgan fingerprint density at radius 2 is 1.83 bits per heavy atom. The van der Waals surface area contributed by atoms with Crippen molar-refractivity contribution in [2.45, 2.75) is 12.8 Å². The molecule has 1 aliphatic heterocycles. The fraction of sp³-hybridized carbons (Fsp3) is 0.429. The summed E-state index contributed by atoms with van der Waals surface area (Å²) < 4.78 is 42.3. The number of hydrogen-bond donors (Lipinski definition) is 1. The standard InChI is InChI=1S/C14H16F3N3O3/c15-14(16,17)12(21)19-7-6-18-20(9-8-19)13(22)23-10-11-4-2-1-3-5-11/h1-5,18H,6-10H2. The van der Waals surface area contributed by atoms with Crippen LogP contribution in [0, 0.1) is 0 Å². The van der Waals surface area contributed by atoms with Crippen molar-refractivity contribution in [2.24, 2.45) is 0 Å². The Bertz CT molecular complexity index is 551. The van der Waals surface area contributed by atoms with Crippen LogP contribution >= 0.6 is 0 Å². The molecule has 2 rings (SSSR count). The van der Waals surface area contributed by atoms with E-state index in [0.717, 1.165) is 10.6 Å². The number of alkyl halides is 3. The van der Waals surface area contributed by atoms with E-state index in [1.165, 1.54) is 0 Å². The van der Waals surface area contributed by atoms with E-state index < -0.39 is 18.2 Å². The molecule has 1 aliphatic rings. The van der Waals surface area contributed by atoms with E-state index in [0.29, 0.717) is 4.90 Å². The first-order chi connectivity index (χ1) is 10.9. The minimum Gasteiger partial charge on any atom is -0.444 e. The second-order valence-electron chi connectivity index (χ2n) is 4.89. The van der Waals surface area contributed by atoms with Gasteiger partial charge in [-0.15, -0.1) is 0 Å². The molecule has 6 nitrogen and oxygen atoms in total. The number of halogens is 3. The molecule has 1 N–H and O–H groups in total. The zero-order valence-electron chi connectivity index (χ0n) is 12.2. The second kappa shape index (κ2) is 7.32. The normalized spacial score (nSPS) is 16.0. The van der Waals surface area contributed by atoms with Crippen LogP contribution in [0.1, 0.15) is 5.56 Å². The number of ether oxygens (including phenoxy) is 1. The molecule has 0 saturated carbocycles. The molecule has 1 heterocycles. The van der Waals surface area contributed by atoms with E-state index in [-0.39, 0.29) is 32.8 Å². The second-order valence-corrected chi connectivity index (χ2v) is 4.89. The zero-order valence-corrected chi connectivity index (χ0v) is 12.2. The van der Waals surface area contributed by atoms with Gasteiger partial charge in [0.05, 0.1) is 6.54 Å². The quantitative estimate of drug-likeness (QED) is 0.893. The van der Waals surface area contributed by atoms with Crippen molar-refractivity contribution in [3.05, 3.63) is 35.9 Å². The van der Waals surface area contributed by atoms with E-state index in [4.69, 9.17) is 4.74 Å². The summed E-state index contributed by atoms with van der Waals surface area (Å²) in [4.78, 5) is 23.8. The van der Waals surface area contributed by atoms with E-state index in [1.54, 1.807) is 24.3 Å². The van der Waals surface area contributed by atoms with Crippen LogP contribution in [0.5, 0.6) is 0 Å². The molecule has 1 aromatic rings. The molecule has 0 aromatic heterocycles. The summed E-state index contributed by atoms with van der Waals surface area (Å²) in [5.41, 5.74) is 3.45. The summed E-state index contributed by atoms with van der Waals surface area (Å²) in [6.07, 6.45) is -5.61. The van der Waals surface area contributed by atoms with Crippen LogP contribution in [0.25, 0.3) is 0 Å². The van der Waals surface area contributed by atoms with Gasteiger partial charge in [-0.3, -0.25) is 4.79 Å². The molecule has 0 bridgehead atoms. The van der Waals surface area contributed by atoms with Gasteiger partial charge in [0.15, 0.2) is 0 Å². The maximum absolute atomic E-state index is 12.4. The summed E-state index contributed by atoms with van der Waals surface area (Å²) in [6.45, 7) is -0.354. The molecule has 23 heavy (non-hydrogen) atoms. The van der Waals surface area contributed by atoms with Gasteiger partial charge in [-0.05, 0) is 5.56 Å². The van der Waals surface area contributed by atoms with Crippen LogP contribution in [0.4, 0.5) is 18.0 Å². The van der Waals surface area contributed by atoms with Gasteiger partial charge in [0, 0.05) is 19.6 Å². The Balaban J connectivity index is 1.85. The van der Waals surface area contributed by atoms with Gasteiger partial charge in [0.2, 0.25) is 0 Å². The molecule has 0 atom stereocenters. The van der Waals surface area contributed by atoms with E-state index >= 15 is 0 Å². The summed E-state index contributed by atoms with van der Waals surface area (Å²) in [7, 11) is 0. The molecule has 126 valence electrons. The molecule has 0 aliphatic carbocycles. The molecule has 9 heteroatoms. The Labute approximate surface area is 130 Å². The minimum atomic E-state index is -4.91. The van der Waals surface area contributed by atoms with Crippen LogP contribution in [0.3, 0.4) is 0 Å². The molecular weight excluding hydrogens is 315 g/mol. The monoisotopic (exact) mass is 331 g/mol. The van der Waals surface area contributed by atoms with Crippen LogP contribution in [-0.4, -0.2) is 54.3 Å². The molecule has 1 saturated heterocycles. The highest BCUT2D eigenvalue weighted by molar-refractivity contribution is 5.82. The van der Waals surface area contributed by atoms with Gasteiger partial charge in [0.25, 0.3) is 0 Å². The molecule has 0 radical (unpaired) electrons. The molecule has 2 amide bonds. The summed E-state index contributed by atoms with van der Waals surface area (Å²) in [5, 5.41) is 1.08. The van der Waals surface area contributed by atoms with E-state index in [2.05, 4.69) is 5.43 Å². The predicted molar refractivity (Wildman–Crippen MR) is 74.0 cm³/mol. The number of carbonyl (C=O) groups is 2. The first-order valence-electron chi connectivity index (χ1n) is 6.96. The molecule has 1 fully saturated rings. The Morgan fingerprint density at radius 3 is 2.48 bits per heavy atom. The average Bonchev–Trinajstić information content (AvgIpc) is 2.78. The first-order valence-corrected chi connectivity index (χ1v) is 6.96. The third-order valence-electron chi connectivity index (χ3n) is 3.23. The van der Waals surface area contributed by atoms with Crippen molar-refractivity contribution in [3.63, 3.8) is 0 Å². The number of amides is 2. The van der Waals surface area contributed by atoms with Gasteiger partial charge < -0.3 is 9.64 Å². The maximum atomic E-state index is 12.4. The van der Waals surface area contributed by atoms with Crippen LogP contribution in [0.15, 0.2) is 30.3 Å². The third kappa shape index (κ3) is 4.85. The lowest BCUT2D eigenvalue weighted by Gasteiger charge is -2.22. The van der Waals surface area contributed by atoms with Crippen molar-refractivity contribution in [1.29, 1.82) is 0 Å². The molecular formula is C14H16F3N3O3. The number of hydrazine groups is 1. The van der Waals surface area contributed by atoms with Crippen molar-refractivity contribution in [1.82, 2.24) is 15.3 Å². The lowest BCUT2D eigenvalue weighted by Crippen LogP contribution is -2.44. The summed E-state index contributed by atoms with van der Waals surface area (Å²) in [6, 6.07) is 9.00. The van der Waals surface area contributed by atoms with Gasteiger partial charge in [0.1, 0.15) is 6.61 Å². The predicted octanol–water partition coefficient (Wildman–Crippen LogP) is 1.53. The topological polar surface area (TPSA) is 61.9 Å². The van der Waals surface area contributed by atoms with Crippen molar-refractivity contribution in [2.75, 3.05) is 26.2 Å². The van der Waals surface area contributed by atoms with Crippen molar-refractivity contribution < 1.29 is 27.5 Å². The van der Waals surface area contributed by atoms with Crippen molar-refractivity contribution in [3.8, 4) is 0 Å². The number of benzene rings is 1. The van der Waals surface area contributed by atoms with Gasteiger partial charge >= 0.3 is 18.2 Å². The smallest absolute Gasteiger partial charge is 0.444 e. The van der Waals surface area contributed by atoms with Crippen LogP contribution in [-0.2, 0) is 16.1 Å². The molecule has 0 spiro atoms. The number of nitrogens with zero attached hydrogens (tertiary/aromatic N) is 2. The van der Waals surface area contributed by atoms with Crippen molar-refractivity contribution >= 4 is 12.0 Å². The van der Waals surface area contributed by atoms with Gasteiger partial charge in [-0.2, -0.15) is 13.2 Å². The lowest BCUT2D eigenvalue weighted by atomic mass is 10.2. The third-order valence-corrected chi connectivity index (χ3v) is 3.23. The fourth-order valence-corrected chi connectivity index (χ4v) is 2.07. The largest absolute Gasteiger partial charge is 0.471 e. The first kappa shape index (κ1) is 17.1. The average molecular weight is 331 g/mol. The minimum absolute atomic E-state index is 0.0300. The Morgan fingerprint density at radius 1 is 1.13 bits per heavy atom. The number of hydrogen-bond acceptors (Lipinski definition) is 4. The van der Waals surface area contributed by atoms with Crippen LogP contribution in [0.2, 0.25) is 0 Å². The summed E-state index contributed by atoms with van der Waals surface area (Å²) >= 11 is 0. The van der Waals surface area contributed by atoms with Gasteiger partial charge in [-0.25, -0.2) is 15.2 Å². The Hall–Kier alpha value is -2.29. The van der Waals surface area contributed by atoms with Gasteiger partial charge in [-0.1, -0.05) is 30.3 Å². The van der Waals surface area contributed by atoms with Crippen LogP contribution < -0.4 is 5.43 Å².